The quantitative estimate of drug-likeness (QED) is 0.888. The van der Waals surface area contributed by atoms with Crippen LogP contribution in [0.5, 0.6) is 0 Å². The van der Waals surface area contributed by atoms with E-state index in [0.717, 1.165) is 31.6 Å². The lowest BCUT2D eigenvalue weighted by Gasteiger charge is -2.19. The smallest absolute Gasteiger partial charge is 0.255 e. The SMILES string of the molecule is CC(C)(C)c1ccc(NC(=O)c2cccc(C(=O)N3CCCC3)c2)cc1. The van der Waals surface area contributed by atoms with Crippen molar-refractivity contribution in [2.45, 2.75) is 39.0 Å². The van der Waals surface area contributed by atoms with Crippen molar-refractivity contribution in [1.82, 2.24) is 4.90 Å². The third-order valence-corrected chi connectivity index (χ3v) is 4.77. The Kier molecular flexibility index (Phi) is 5.12. The second kappa shape index (κ2) is 7.32. The average Bonchev–Trinajstić information content (AvgIpc) is 3.15. The molecular formula is C22H26N2O2. The van der Waals surface area contributed by atoms with Gasteiger partial charge in [-0.3, -0.25) is 9.59 Å². The molecule has 26 heavy (non-hydrogen) atoms. The molecule has 0 aromatic heterocycles. The Morgan fingerprint density at radius 3 is 2.15 bits per heavy atom. The van der Waals surface area contributed by atoms with E-state index in [1.165, 1.54) is 5.56 Å². The molecule has 0 atom stereocenters. The Hall–Kier alpha value is -2.62. The fourth-order valence-electron chi connectivity index (χ4n) is 3.15. The summed E-state index contributed by atoms with van der Waals surface area (Å²) >= 11 is 0. The maximum atomic E-state index is 12.6. The van der Waals surface area contributed by atoms with Crippen molar-refractivity contribution in [3.05, 3.63) is 65.2 Å². The van der Waals surface area contributed by atoms with Gasteiger partial charge >= 0.3 is 0 Å². The number of nitrogens with one attached hydrogen (secondary N) is 1. The lowest BCUT2D eigenvalue weighted by atomic mass is 9.87. The number of carbonyl (C=O) groups excluding carboxylic acids is 2. The van der Waals surface area contributed by atoms with Crippen molar-refractivity contribution in [2.24, 2.45) is 0 Å². The van der Waals surface area contributed by atoms with Crippen molar-refractivity contribution in [1.29, 1.82) is 0 Å². The van der Waals surface area contributed by atoms with E-state index in [0.29, 0.717) is 11.1 Å². The maximum Gasteiger partial charge on any atom is 0.255 e. The van der Waals surface area contributed by atoms with Gasteiger partial charge in [-0.05, 0) is 54.2 Å². The van der Waals surface area contributed by atoms with Crippen LogP contribution in [0.4, 0.5) is 5.69 Å². The minimum absolute atomic E-state index is 0.00619. The summed E-state index contributed by atoms with van der Waals surface area (Å²) in [4.78, 5) is 26.9. The van der Waals surface area contributed by atoms with E-state index in [-0.39, 0.29) is 17.2 Å². The molecule has 0 saturated carbocycles. The average molecular weight is 350 g/mol. The fourth-order valence-corrected chi connectivity index (χ4v) is 3.15. The molecule has 2 aromatic rings. The molecule has 1 aliphatic rings. The van der Waals surface area contributed by atoms with Crippen LogP contribution in [0.3, 0.4) is 0 Å². The Morgan fingerprint density at radius 2 is 1.54 bits per heavy atom. The number of hydrogen-bond donors (Lipinski definition) is 1. The van der Waals surface area contributed by atoms with Crippen LogP contribution in [0.1, 0.15) is 59.9 Å². The van der Waals surface area contributed by atoms with Crippen LogP contribution in [0.15, 0.2) is 48.5 Å². The molecule has 2 aromatic carbocycles. The molecule has 1 heterocycles. The van der Waals surface area contributed by atoms with Gasteiger partial charge < -0.3 is 10.2 Å². The second-order valence-electron chi connectivity index (χ2n) is 7.86. The molecule has 0 spiro atoms. The van der Waals surface area contributed by atoms with Crippen LogP contribution in [-0.4, -0.2) is 29.8 Å². The summed E-state index contributed by atoms with van der Waals surface area (Å²) in [5, 5.41) is 2.91. The molecular weight excluding hydrogens is 324 g/mol. The van der Waals surface area contributed by atoms with Gasteiger partial charge in [-0.25, -0.2) is 0 Å². The molecule has 1 N–H and O–H groups in total. The van der Waals surface area contributed by atoms with Gasteiger partial charge in [-0.1, -0.05) is 39.0 Å². The summed E-state index contributed by atoms with van der Waals surface area (Å²) in [6.45, 7) is 8.07. The largest absolute Gasteiger partial charge is 0.339 e. The number of hydrogen-bond acceptors (Lipinski definition) is 2. The first kappa shape index (κ1) is 18.2. The molecule has 1 fully saturated rings. The third kappa shape index (κ3) is 4.13. The van der Waals surface area contributed by atoms with Crippen molar-refractivity contribution in [3.8, 4) is 0 Å². The van der Waals surface area contributed by atoms with E-state index in [4.69, 9.17) is 0 Å². The van der Waals surface area contributed by atoms with Gasteiger partial charge in [-0.2, -0.15) is 0 Å². The number of nitrogens with zero attached hydrogens (tertiary/aromatic N) is 1. The first-order valence-corrected chi connectivity index (χ1v) is 9.16. The van der Waals surface area contributed by atoms with Crippen molar-refractivity contribution in [2.75, 3.05) is 18.4 Å². The number of amides is 2. The van der Waals surface area contributed by atoms with Gasteiger partial charge in [0.15, 0.2) is 0 Å². The third-order valence-electron chi connectivity index (χ3n) is 4.77. The number of anilines is 1. The Balaban J connectivity index is 1.72. The van der Waals surface area contributed by atoms with E-state index in [9.17, 15) is 9.59 Å². The summed E-state index contributed by atoms with van der Waals surface area (Å²) < 4.78 is 0. The lowest BCUT2D eigenvalue weighted by molar-refractivity contribution is 0.0793. The van der Waals surface area contributed by atoms with Crippen LogP contribution in [0, 0.1) is 0 Å². The summed E-state index contributed by atoms with van der Waals surface area (Å²) in [6.07, 6.45) is 2.10. The maximum absolute atomic E-state index is 12.6. The molecule has 0 bridgehead atoms. The van der Waals surface area contributed by atoms with Gasteiger partial charge in [-0.15, -0.1) is 0 Å². The van der Waals surface area contributed by atoms with Crippen LogP contribution in [-0.2, 0) is 5.41 Å². The molecule has 2 amide bonds. The predicted octanol–water partition coefficient (Wildman–Crippen LogP) is 4.47. The summed E-state index contributed by atoms with van der Waals surface area (Å²) in [5.41, 5.74) is 3.11. The van der Waals surface area contributed by atoms with Gasteiger partial charge in [0, 0.05) is 29.9 Å². The zero-order valence-corrected chi connectivity index (χ0v) is 15.7. The van der Waals surface area contributed by atoms with Crippen LogP contribution >= 0.6 is 0 Å². The number of likely N-dealkylation sites (tertiary alicyclic amines) is 1. The summed E-state index contributed by atoms with van der Waals surface area (Å²) in [5.74, 6) is -0.198. The molecule has 4 heteroatoms. The topological polar surface area (TPSA) is 49.4 Å². The zero-order chi connectivity index (χ0) is 18.7. The van der Waals surface area contributed by atoms with E-state index in [2.05, 4.69) is 26.1 Å². The van der Waals surface area contributed by atoms with Crippen molar-refractivity contribution >= 4 is 17.5 Å². The minimum atomic E-state index is -0.204. The monoisotopic (exact) mass is 350 g/mol. The van der Waals surface area contributed by atoms with Gasteiger partial charge in [0.05, 0.1) is 0 Å². The van der Waals surface area contributed by atoms with Crippen LogP contribution < -0.4 is 5.32 Å². The molecule has 1 saturated heterocycles. The van der Waals surface area contributed by atoms with Crippen LogP contribution in [0.25, 0.3) is 0 Å². The van der Waals surface area contributed by atoms with Gasteiger partial charge in [0.25, 0.3) is 11.8 Å². The second-order valence-corrected chi connectivity index (χ2v) is 7.86. The summed E-state index contributed by atoms with van der Waals surface area (Å²) in [7, 11) is 0. The molecule has 0 aliphatic carbocycles. The molecule has 136 valence electrons. The predicted molar refractivity (Wildman–Crippen MR) is 105 cm³/mol. The molecule has 0 unspecified atom stereocenters. The van der Waals surface area contributed by atoms with E-state index >= 15 is 0 Å². The Bertz CT molecular complexity index is 798. The van der Waals surface area contributed by atoms with Gasteiger partial charge in [0.1, 0.15) is 0 Å². The highest BCUT2D eigenvalue weighted by Crippen LogP contribution is 2.23. The minimum Gasteiger partial charge on any atom is -0.339 e. The van der Waals surface area contributed by atoms with E-state index in [1.807, 2.05) is 29.2 Å². The van der Waals surface area contributed by atoms with Crippen molar-refractivity contribution in [3.63, 3.8) is 0 Å². The number of carbonyl (C=O) groups is 2. The highest BCUT2D eigenvalue weighted by molar-refractivity contribution is 6.06. The number of rotatable bonds is 3. The molecule has 1 aliphatic heterocycles. The highest BCUT2D eigenvalue weighted by Gasteiger charge is 2.20. The Morgan fingerprint density at radius 1 is 0.923 bits per heavy atom. The summed E-state index contributed by atoms with van der Waals surface area (Å²) in [6, 6.07) is 14.8. The fraction of sp³-hybridized carbons (Fsp3) is 0.364. The lowest BCUT2D eigenvalue weighted by Crippen LogP contribution is -2.27. The molecule has 4 nitrogen and oxygen atoms in total. The Labute approximate surface area is 155 Å². The standard InChI is InChI=1S/C22H26N2O2/c1-22(2,3)18-9-11-19(12-10-18)23-20(25)16-7-6-8-17(15-16)21(26)24-13-4-5-14-24/h6-12,15H,4-5,13-14H2,1-3H3,(H,23,25). The first-order valence-electron chi connectivity index (χ1n) is 9.16. The van der Waals surface area contributed by atoms with Crippen LogP contribution in [0.2, 0.25) is 0 Å². The highest BCUT2D eigenvalue weighted by atomic mass is 16.2. The zero-order valence-electron chi connectivity index (χ0n) is 15.7. The first-order chi connectivity index (χ1) is 12.3. The van der Waals surface area contributed by atoms with E-state index < -0.39 is 0 Å². The van der Waals surface area contributed by atoms with Crippen molar-refractivity contribution < 1.29 is 9.59 Å². The number of benzene rings is 2. The molecule has 0 radical (unpaired) electrons. The van der Waals surface area contributed by atoms with E-state index in [1.54, 1.807) is 24.3 Å². The normalized spacial score (nSPS) is 14.3. The molecule has 3 rings (SSSR count). The van der Waals surface area contributed by atoms with Gasteiger partial charge in [0.2, 0.25) is 0 Å².